The zero-order chi connectivity index (χ0) is 16.1. The summed E-state index contributed by atoms with van der Waals surface area (Å²) >= 11 is 0. The molecule has 0 saturated carbocycles. The molecule has 2 heterocycles. The Morgan fingerprint density at radius 3 is 2.87 bits per heavy atom. The van der Waals surface area contributed by atoms with Gasteiger partial charge in [0, 0.05) is 18.7 Å². The fraction of sp³-hybridized carbons (Fsp3) is 0.353. The summed E-state index contributed by atoms with van der Waals surface area (Å²) < 4.78 is 16.6. The van der Waals surface area contributed by atoms with E-state index in [0.29, 0.717) is 26.2 Å². The number of hydrogen-bond acceptors (Lipinski definition) is 4. The van der Waals surface area contributed by atoms with Crippen molar-refractivity contribution in [3.05, 3.63) is 48.4 Å². The van der Waals surface area contributed by atoms with Crippen LogP contribution in [0.3, 0.4) is 0 Å². The summed E-state index contributed by atoms with van der Waals surface area (Å²) in [5.41, 5.74) is 0.931. The molecule has 3 rings (SSSR count). The molecule has 1 aromatic carbocycles. The van der Waals surface area contributed by atoms with Crippen LogP contribution >= 0.6 is 0 Å². The van der Waals surface area contributed by atoms with E-state index in [4.69, 9.17) is 13.9 Å². The third-order valence-electron chi connectivity index (χ3n) is 3.68. The fourth-order valence-electron chi connectivity index (χ4n) is 2.44. The van der Waals surface area contributed by atoms with Crippen molar-refractivity contribution in [3.8, 4) is 11.5 Å². The van der Waals surface area contributed by atoms with Crippen LogP contribution in [-0.2, 0) is 6.54 Å². The van der Waals surface area contributed by atoms with Gasteiger partial charge in [-0.05, 0) is 25.1 Å². The van der Waals surface area contributed by atoms with Gasteiger partial charge in [-0.1, -0.05) is 12.1 Å². The maximum absolute atomic E-state index is 12.3. The van der Waals surface area contributed by atoms with Gasteiger partial charge in [-0.25, -0.2) is 4.79 Å². The lowest BCUT2D eigenvalue weighted by molar-refractivity contribution is 0.0675. The lowest BCUT2D eigenvalue weighted by Gasteiger charge is -2.30. The molecule has 0 fully saturated rings. The lowest BCUT2D eigenvalue weighted by atomic mass is 10.2. The van der Waals surface area contributed by atoms with E-state index in [0.717, 1.165) is 17.1 Å². The van der Waals surface area contributed by atoms with E-state index in [2.05, 4.69) is 5.32 Å². The number of hydrogen-bond donors (Lipinski definition) is 1. The Bertz CT molecular complexity index is 642. The zero-order valence-corrected chi connectivity index (χ0v) is 13.0. The topological polar surface area (TPSA) is 63.9 Å². The third kappa shape index (κ3) is 3.77. The highest BCUT2D eigenvalue weighted by Crippen LogP contribution is 2.30. The summed E-state index contributed by atoms with van der Waals surface area (Å²) in [5, 5.41) is 2.88. The third-order valence-corrected chi connectivity index (χ3v) is 3.68. The van der Waals surface area contributed by atoms with Crippen molar-refractivity contribution in [2.24, 2.45) is 0 Å². The van der Waals surface area contributed by atoms with Crippen molar-refractivity contribution in [2.75, 3.05) is 19.7 Å². The molecular weight excluding hydrogens is 296 g/mol. The minimum Gasteiger partial charge on any atom is -0.486 e. The summed E-state index contributed by atoms with van der Waals surface area (Å²) in [6.07, 6.45) is 3.03. The molecule has 0 aliphatic carbocycles. The first-order valence-electron chi connectivity index (χ1n) is 7.68. The molecule has 122 valence electrons. The largest absolute Gasteiger partial charge is 0.486 e. The molecule has 1 N–H and O–H groups in total. The minimum atomic E-state index is -0.176. The summed E-state index contributed by atoms with van der Waals surface area (Å²) in [6.45, 7) is 3.88. The van der Waals surface area contributed by atoms with Crippen molar-refractivity contribution < 1.29 is 18.7 Å². The Morgan fingerprint density at radius 1 is 1.30 bits per heavy atom. The van der Waals surface area contributed by atoms with Crippen LogP contribution in [0.15, 0.2) is 47.3 Å². The second-order valence-electron chi connectivity index (χ2n) is 5.33. The number of para-hydroxylation sites is 2. The number of nitrogens with one attached hydrogen (secondary N) is 1. The van der Waals surface area contributed by atoms with Gasteiger partial charge in [0.25, 0.3) is 0 Å². The maximum atomic E-state index is 12.3. The summed E-state index contributed by atoms with van der Waals surface area (Å²) in [4.78, 5) is 14.0. The highest BCUT2D eigenvalue weighted by molar-refractivity contribution is 5.74. The smallest absolute Gasteiger partial charge is 0.317 e. The van der Waals surface area contributed by atoms with Crippen molar-refractivity contribution in [2.45, 2.75) is 19.6 Å². The first-order chi connectivity index (χ1) is 11.3. The standard InChI is InChI=1S/C17H20N2O4/c1-2-19(17(20)18-9-13-7-8-21-11-13)10-14-12-22-15-5-3-4-6-16(15)23-14/h3-8,11,14H,2,9-10,12H2,1H3,(H,18,20). The molecule has 0 saturated heterocycles. The Kier molecular flexibility index (Phi) is 4.71. The van der Waals surface area contributed by atoms with Gasteiger partial charge in [0.2, 0.25) is 0 Å². The number of amides is 2. The summed E-state index contributed by atoms with van der Waals surface area (Å²) in [7, 11) is 0. The van der Waals surface area contributed by atoms with Crippen LogP contribution in [0.1, 0.15) is 12.5 Å². The van der Waals surface area contributed by atoms with E-state index in [1.807, 2.05) is 37.3 Å². The number of furan rings is 1. The Balaban J connectivity index is 1.54. The fourth-order valence-corrected chi connectivity index (χ4v) is 2.44. The van der Waals surface area contributed by atoms with Gasteiger partial charge in [0.05, 0.1) is 19.1 Å². The van der Waals surface area contributed by atoms with Gasteiger partial charge >= 0.3 is 6.03 Å². The van der Waals surface area contributed by atoms with Crippen LogP contribution in [0.2, 0.25) is 0 Å². The van der Waals surface area contributed by atoms with Crippen molar-refractivity contribution in [3.63, 3.8) is 0 Å². The van der Waals surface area contributed by atoms with Crippen LogP contribution in [0.25, 0.3) is 0 Å². The molecule has 6 heteroatoms. The highest BCUT2D eigenvalue weighted by atomic mass is 16.6. The molecule has 23 heavy (non-hydrogen) atoms. The number of rotatable bonds is 5. The number of likely N-dealkylation sites (N-methyl/N-ethyl adjacent to an activating group) is 1. The van der Waals surface area contributed by atoms with Gasteiger partial charge < -0.3 is 24.1 Å². The molecular formula is C17H20N2O4. The number of carbonyl (C=O) groups excluding carboxylic acids is 1. The molecule has 1 aromatic heterocycles. The average Bonchev–Trinajstić information content (AvgIpc) is 3.11. The van der Waals surface area contributed by atoms with E-state index >= 15 is 0 Å². The SMILES string of the molecule is CCN(CC1COc2ccccc2O1)C(=O)NCc1ccoc1. The quantitative estimate of drug-likeness (QED) is 0.921. The molecule has 6 nitrogen and oxygen atoms in total. The van der Waals surface area contributed by atoms with E-state index in [-0.39, 0.29) is 12.1 Å². The molecule has 1 atom stereocenters. The number of fused-ring (bicyclic) bond motifs is 1. The first-order valence-corrected chi connectivity index (χ1v) is 7.68. The number of benzene rings is 1. The normalized spacial score (nSPS) is 16.0. The molecule has 1 aliphatic rings. The van der Waals surface area contributed by atoms with Gasteiger partial charge in [0.15, 0.2) is 17.6 Å². The molecule has 1 aliphatic heterocycles. The van der Waals surface area contributed by atoms with Gasteiger partial charge in [-0.2, -0.15) is 0 Å². The van der Waals surface area contributed by atoms with Crippen LogP contribution in [0.4, 0.5) is 4.79 Å². The minimum absolute atomic E-state index is 0.129. The summed E-state index contributed by atoms with van der Waals surface area (Å²) in [5.74, 6) is 1.47. The van der Waals surface area contributed by atoms with Crippen LogP contribution in [-0.4, -0.2) is 36.7 Å². The Labute approximate surface area is 135 Å². The monoisotopic (exact) mass is 316 g/mol. The average molecular weight is 316 g/mol. The number of urea groups is 1. The number of ether oxygens (including phenoxy) is 2. The molecule has 1 unspecified atom stereocenters. The predicted octanol–water partition coefficient (Wildman–Crippen LogP) is 2.65. The molecule has 2 aromatic rings. The van der Waals surface area contributed by atoms with E-state index in [1.54, 1.807) is 17.4 Å². The Hall–Kier alpha value is -2.63. The molecule has 0 spiro atoms. The van der Waals surface area contributed by atoms with E-state index in [9.17, 15) is 4.79 Å². The highest BCUT2D eigenvalue weighted by Gasteiger charge is 2.24. The van der Waals surface area contributed by atoms with Crippen LogP contribution < -0.4 is 14.8 Å². The van der Waals surface area contributed by atoms with Gasteiger partial charge in [0.1, 0.15) is 6.61 Å². The van der Waals surface area contributed by atoms with E-state index < -0.39 is 0 Å². The summed E-state index contributed by atoms with van der Waals surface area (Å²) in [6, 6.07) is 9.25. The number of nitrogens with zero attached hydrogens (tertiary/aromatic N) is 1. The van der Waals surface area contributed by atoms with Gasteiger partial charge in [-0.15, -0.1) is 0 Å². The van der Waals surface area contributed by atoms with Crippen molar-refractivity contribution in [1.82, 2.24) is 10.2 Å². The first kappa shape index (κ1) is 15.3. The van der Waals surface area contributed by atoms with Crippen LogP contribution in [0.5, 0.6) is 11.5 Å². The maximum Gasteiger partial charge on any atom is 0.317 e. The molecule has 0 radical (unpaired) electrons. The van der Waals surface area contributed by atoms with Gasteiger partial charge in [-0.3, -0.25) is 0 Å². The van der Waals surface area contributed by atoms with E-state index in [1.165, 1.54) is 0 Å². The zero-order valence-electron chi connectivity index (χ0n) is 13.0. The second kappa shape index (κ2) is 7.09. The van der Waals surface area contributed by atoms with Crippen LogP contribution in [0, 0.1) is 0 Å². The lowest BCUT2D eigenvalue weighted by Crippen LogP contribution is -2.47. The Morgan fingerprint density at radius 2 is 2.13 bits per heavy atom. The predicted molar refractivity (Wildman–Crippen MR) is 84.5 cm³/mol. The molecule has 0 bridgehead atoms. The molecule has 2 amide bonds. The number of carbonyl (C=O) groups is 1. The van der Waals surface area contributed by atoms with Crippen molar-refractivity contribution >= 4 is 6.03 Å². The van der Waals surface area contributed by atoms with Crippen molar-refractivity contribution in [1.29, 1.82) is 0 Å². The second-order valence-corrected chi connectivity index (χ2v) is 5.33.